The van der Waals surface area contributed by atoms with Crippen LogP contribution in [0.3, 0.4) is 0 Å². The summed E-state index contributed by atoms with van der Waals surface area (Å²) in [6, 6.07) is 0.495. The van der Waals surface area contributed by atoms with Crippen molar-refractivity contribution in [1.29, 1.82) is 0 Å². The van der Waals surface area contributed by atoms with Crippen LogP contribution in [0.4, 0.5) is 5.95 Å². The minimum atomic E-state index is 0.495. The molecule has 2 rings (SSSR count). The fourth-order valence-corrected chi connectivity index (χ4v) is 3.25. The van der Waals surface area contributed by atoms with E-state index in [9.17, 15) is 0 Å². The first kappa shape index (κ1) is 15.2. The van der Waals surface area contributed by atoms with Crippen LogP contribution in [-0.2, 0) is 12.8 Å². The Morgan fingerprint density at radius 3 is 2.30 bits per heavy atom. The lowest BCUT2D eigenvalue weighted by Gasteiger charge is -2.30. The van der Waals surface area contributed by atoms with Crippen LogP contribution < -0.4 is 5.32 Å². The van der Waals surface area contributed by atoms with E-state index in [1.807, 2.05) is 0 Å². The number of anilines is 1. The van der Waals surface area contributed by atoms with E-state index in [0.29, 0.717) is 6.04 Å². The van der Waals surface area contributed by atoms with Crippen LogP contribution >= 0.6 is 0 Å². The van der Waals surface area contributed by atoms with Crippen molar-refractivity contribution in [2.45, 2.75) is 78.2 Å². The van der Waals surface area contributed by atoms with Gasteiger partial charge in [-0.25, -0.2) is 4.98 Å². The molecule has 0 saturated heterocycles. The third-order valence-corrected chi connectivity index (χ3v) is 4.48. The molecule has 4 nitrogen and oxygen atoms in total. The molecule has 20 heavy (non-hydrogen) atoms. The maximum Gasteiger partial charge on any atom is 0.243 e. The molecule has 0 spiro atoms. The summed E-state index contributed by atoms with van der Waals surface area (Å²) >= 11 is 0. The van der Waals surface area contributed by atoms with Crippen molar-refractivity contribution in [3.05, 3.63) is 11.4 Å². The van der Waals surface area contributed by atoms with E-state index in [2.05, 4.69) is 41.3 Å². The van der Waals surface area contributed by atoms with Gasteiger partial charge in [-0.1, -0.05) is 40.0 Å². The summed E-state index contributed by atoms with van der Waals surface area (Å²) in [5, 5.41) is 12.1. The van der Waals surface area contributed by atoms with Crippen molar-refractivity contribution in [2.75, 3.05) is 5.32 Å². The van der Waals surface area contributed by atoms with Gasteiger partial charge in [0.25, 0.3) is 0 Å². The second kappa shape index (κ2) is 7.55. The first-order valence-electron chi connectivity index (χ1n) is 8.27. The summed E-state index contributed by atoms with van der Waals surface area (Å²) < 4.78 is 0. The zero-order valence-corrected chi connectivity index (χ0v) is 13.2. The molecule has 0 radical (unpaired) electrons. The summed E-state index contributed by atoms with van der Waals surface area (Å²) in [6.45, 7) is 6.49. The molecule has 0 aromatic carbocycles. The number of aryl methyl sites for hydroxylation is 2. The third-order valence-electron chi connectivity index (χ3n) is 4.48. The predicted molar refractivity (Wildman–Crippen MR) is 82.9 cm³/mol. The van der Waals surface area contributed by atoms with Gasteiger partial charge >= 0.3 is 0 Å². The fraction of sp³-hybridized carbons (Fsp3) is 0.812. The van der Waals surface area contributed by atoms with Gasteiger partial charge in [0.2, 0.25) is 5.95 Å². The smallest absolute Gasteiger partial charge is 0.243 e. The Hall–Kier alpha value is -1.19. The van der Waals surface area contributed by atoms with E-state index in [-0.39, 0.29) is 0 Å². The Labute approximate surface area is 122 Å². The Morgan fingerprint density at radius 1 is 1.00 bits per heavy atom. The SMILES string of the molecule is CCc1nnc(NC(CC)C2CCCCC2)nc1CC. The van der Waals surface area contributed by atoms with Gasteiger partial charge < -0.3 is 5.32 Å². The van der Waals surface area contributed by atoms with Crippen LogP contribution in [0.25, 0.3) is 0 Å². The molecule has 1 heterocycles. The zero-order valence-electron chi connectivity index (χ0n) is 13.2. The maximum absolute atomic E-state index is 4.66. The first-order chi connectivity index (χ1) is 9.78. The number of aromatic nitrogens is 3. The lowest BCUT2D eigenvalue weighted by Crippen LogP contribution is -2.31. The van der Waals surface area contributed by atoms with E-state index in [1.54, 1.807) is 0 Å². The standard InChI is InChI=1S/C16H28N4/c1-4-13(12-10-8-7-9-11-12)17-16-18-14(5-2)15(6-3)19-20-16/h12-13H,4-11H2,1-3H3,(H,17,18,20). The molecule has 1 atom stereocenters. The van der Waals surface area contributed by atoms with Crippen molar-refractivity contribution in [1.82, 2.24) is 15.2 Å². The van der Waals surface area contributed by atoms with Crippen LogP contribution in [0, 0.1) is 5.92 Å². The van der Waals surface area contributed by atoms with E-state index >= 15 is 0 Å². The largest absolute Gasteiger partial charge is 0.350 e. The van der Waals surface area contributed by atoms with Gasteiger partial charge in [0.05, 0.1) is 11.4 Å². The Morgan fingerprint density at radius 2 is 1.70 bits per heavy atom. The van der Waals surface area contributed by atoms with Crippen LogP contribution in [0.15, 0.2) is 0 Å². The number of nitrogens with zero attached hydrogens (tertiary/aromatic N) is 3. The predicted octanol–water partition coefficient (Wildman–Crippen LogP) is 3.77. The second-order valence-electron chi connectivity index (χ2n) is 5.79. The van der Waals surface area contributed by atoms with E-state index < -0.39 is 0 Å². The van der Waals surface area contributed by atoms with E-state index in [4.69, 9.17) is 0 Å². The van der Waals surface area contributed by atoms with Crippen LogP contribution in [-0.4, -0.2) is 21.2 Å². The van der Waals surface area contributed by atoms with Gasteiger partial charge in [0.15, 0.2) is 0 Å². The van der Waals surface area contributed by atoms with Gasteiger partial charge in [-0.15, -0.1) is 5.10 Å². The third kappa shape index (κ3) is 3.68. The molecule has 0 bridgehead atoms. The van der Waals surface area contributed by atoms with E-state index in [1.165, 1.54) is 32.1 Å². The Kier molecular flexibility index (Phi) is 5.74. The van der Waals surface area contributed by atoms with Crippen molar-refractivity contribution in [3.8, 4) is 0 Å². The molecule has 1 saturated carbocycles. The highest BCUT2D eigenvalue weighted by Crippen LogP contribution is 2.29. The van der Waals surface area contributed by atoms with Crippen LogP contribution in [0.2, 0.25) is 0 Å². The number of hydrogen-bond donors (Lipinski definition) is 1. The molecule has 4 heteroatoms. The lowest BCUT2D eigenvalue weighted by atomic mass is 9.83. The Bertz CT molecular complexity index is 413. The molecule has 1 fully saturated rings. The van der Waals surface area contributed by atoms with Gasteiger partial charge in [-0.2, -0.15) is 5.10 Å². The van der Waals surface area contributed by atoms with Crippen molar-refractivity contribution in [2.24, 2.45) is 5.92 Å². The number of nitrogens with one attached hydrogen (secondary N) is 1. The van der Waals surface area contributed by atoms with Crippen molar-refractivity contribution >= 4 is 5.95 Å². The second-order valence-corrected chi connectivity index (χ2v) is 5.79. The number of rotatable bonds is 6. The van der Waals surface area contributed by atoms with Crippen molar-refractivity contribution < 1.29 is 0 Å². The maximum atomic E-state index is 4.66. The van der Waals surface area contributed by atoms with Crippen LogP contribution in [0.1, 0.15) is 70.7 Å². The molecule has 112 valence electrons. The number of hydrogen-bond acceptors (Lipinski definition) is 4. The minimum Gasteiger partial charge on any atom is -0.350 e. The molecular weight excluding hydrogens is 248 g/mol. The highest BCUT2D eigenvalue weighted by molar-refractivity contribution is 5.27. The molecule has 1 aliphatic rings. The fourth-order valence-electron chi connectivity index (χ4n) is 3.25. The van der Waals surface area contributed by atoms with E-state index in [0.717, 1.165) is 42.5 Å². The average molecular weight is 276 g/mol. The summed E-state index contributed by atoms with van der Waals surface area (Å²) in [5.74, 6) is 1.49. The molecule has 1 N–H and O–H groups in total. The topological polar surface area (TPSA) is 50.7 Å². The van der Waals surface area contributed by atoms with Gasteiger partial charge in [-0.3, -0.25) is 0 Å². The summed E-state index contributed by atoms with van der Waals surface area (Å²) in [7, 11) is 0. The molecular formula is C16H28N4. The minimum absolute atomic E-state index is 0.495. The van der Waals surface area contributed by atoms with Crippen LogP contribution in [0.5, 0.6) is 0 Å². The quantitative estimate of drug-likeness (QED) is 0.859. The molecule has 1 unspecified atom stereocenters. The first-order valence-corrected chi connectivity index (χ1v) is 8.27. The summed E-state index contributed by atoms with van der Waals surface area (Å²) in [6.07, 6.45) is 9.78. The molecule has 1 aromatic rings. The van der Waals surface area contributed by atoms with Gasteiger partial charge in [0.1, 0.15) is 0 Å². The zero-order chi connectivity index (χ0) is 14.4. The molecule has 0 amide bonds. The van der Waals surface area contributed by atoms with Gasteiger partial charge in [0, 0.05) is 6.04 Å². The molecule has 1 aliphatic carbocycles. The monoisotopic (exact) mass is 276 g/mol. The normalized spacial score (nSPS) is 17.9. The molecule has 1 aromatic heterocycles. The lowest BCUT2D eigenvalue weighted by molar-refractivity contribution is 0.312. The highest BCUT2D eigenvalue weighted by Gasteiger charge is 2.23. The van der Waals surface area contributed by atoms with Crippen molar-refractivity contribution in [3.63, 3.8) is 0 Å². The molecule has 0 aliphatic heterocycles. The highest BCUT2D eigenvalue weighted by atomic mass is 15.2. The Balaban J connectivity index is 2.06. The summed E-state index contributed by atoms with van der Waals surface area (Å²) in [5.41, 5.74) is 2.12. The summed E-state index contributed by atoms with van der Waals surface area (Å²) in [4.78, 5) is 4.66. The van der Waals surface area contributed by atoms with Gasteiger partial charge in [-0.05, 0) is 38.0 Å². The average Bonchev–Trinajstić information content (AvgIpc) is 2.53.